The maximum Gasteiger partial charge on any atom is 0.289 e. The molecular weight excluding hydrogens is 268 g/mol. The second-order valence-corrected chi connectivity index (χ2v) is 5.31. The van der Waals surface area contributed by atoms with E-state index in [4.69, 9.17) is 5.26 Å². The molecule has 6 heteroatoms. The molecule has 6 nitrogen and oxygen atoms in total. The first-order valence-electron chi connectivity index (χ1n) is 7.30. The number of nitrogens with one attached hydrogen (secondary N) is 1. The third-order valence-corrected chi connectivity index (χ3v) is 3.96. The van der Waals surface area contributed by atoms with Crippen LogP contribution < -0.4 is 10.2 Å². The quantitative estimate of drug-likeness (QED) is 0.664. The molecule has 0 aromatic heterocycles. The van der Waals surface area contributed by atoms with E-state index < -0.39 is 4.92 Å². The van der Waals surface area contributed by atoms with Crippen molar-refractivity contribution in [1.82, 2.24) is 5.32 Å². The van der Waals surface area contributed by atoms with Crippen LogP contribution in [0.15, 0.2) is 18.2 Å². The van der Waals surface area contributed by atoms with Crippen molar-refractivity contribution in [2.75, 3.05) is 31.1 Å². The van der Waals surface area contributed by atoms with Gasteiger partial charge in [0, 0.05) is 24.8 Å². The number of nitriles is 1. The first-order valence-corrected chi connectivity index (χ1v) is 7.30. The van der Waals surface area contributed by atoms with Crippen LogP contribution in [0.2, 0.25) is 0 Å². The molecule has 1 heterocycles. The van der Waals surface area contributed by atoms with Gasteiger partial charge in [-0.25, -0.2) is 0 Å². The van der Waals surface area contributed by atoms with Gasteiger partial charge in [-0.1, -0.05) is 6.92 Å². The van der Waals surface area contributed by atoms with Gasteiger partial charge in [-0.3, -0.25) is 10.1 Å². The Morgan fingerprint density at radius 2 is 2.19 bits per heavy atom. The van der Waals surface area contributed by atoms with Crippen molar-refractivity contribution < 1.29 is 4.92 Å². The lowest BCUT2D eigenvalue weighted by atomic mass is 9.96. The Bertz CT molecular complexity index is 545. The van der Waals surface area contributed by atoms with Gasteiger partial charge in [0.2, 0.25) is 0 Å². The number of nitrogens with zero attached hydrogens (tertiary/aromatic N) is 3. The lowest BCUT2D eigenvalue weighted by molar-refractivity contribution is -0.385. The van der Waals surface area contributed by atoms with Crippen LogP contribution in [0, 0.1) is 27.4 Å². The highest BCUT2D eigenvalue weighted by Gasteiger charge is 2.22. The Balaban J connectivity index is 2.05. The number of nitro groups is 1. The SMILES string of the molecule is CCNCC1CCN(c2ccc(C#N)c([N+](=O)[O-])c2)CC1. The largest absolute Gasteiger partial charge is 0.371 e. The number of anilines is 1. The van der Waals surface area contributed by atoms with Crippen molar-refractivity contribution in [2.24, 2.45) is 5.92 Å². The van der Waals surface area contributed by atoms with Gasteiger partial charge in [0.15, 0.2) is 0 Å². The molecule has 0 aliphatic carbocycles. The molecule has 0 spiro atoms. The standard InChI is InChI=1S/C15H20N4O2/c1-2-17-11-12-5-7-18(8-6-12)14-4-3-13(10-16)15(9-14)19(20)21/h3-4,9,12,17H,2,5-8,11H2,1H3. The smallest absolute Gasteiger partial charge is 0.289 e. The van der Waals surface area contributed by atoms with E-state index in [0.717, 1.165) is 44.7 Å². The topological polar surface area (TPSA) is 82.2 Å². The molecule has 0 bridgehead atoms. The Kier molecular flexibility index (Phi) is 5.12. The zero-order chi connectivity index (χ0) is 15.2. The van der Waals surface area contributed by atoms with Crippen LogP contribution in [0.25, 0.3) is 0 Å². The average molecular weight is 288 g/mol. The molecule has 0 unspecified atom stereocenters. The molecule has 1 saturated heterocycles. The fraction of sp³-hybridized carbons (Fsp3) is 0.533. The van der Waals surface area contributed by atoms with Crippen molar-refractivity contribution in [1.29, 1.82) is 5.26 Å². The van der Waals surface area contributed by atoms with Crippen LogP contribution in [0.5, 0.6) is 0 Å². The van der Waals surface area contributed by atoms with Gasteiger partial charge >= 0.3 is 0 Å². The van der Waals surface area contributed by atoms with E-state index in [0.29, 0.717) is 5.92 Å². The van der Waals surface area contributed by atoms with Crippen molar-refractivity contribution >= 4 is 11.4 Å². The summed E-state index contributed by atoms with van der Waals surface area (Å²) in [6.45, 7) is 5.93. The molecule has 1 aliphatic rings. The van der Waals surface area contributed by atoms with E-state index in [1.807, 2.05) is 6.07 Å². The number of hydrogen-bond acceptors (Lipinski definition) is 5. The lowest BCUT2D eigenvalue weighted by Crippen LogP contribution is -2.37. The van der Waals surface area contributed by atoms with E-state index in [1.165, 1.54) is 12.1 Å². The molecular formula is C15H20N4O2. The Labute approximate surface area is 124 Å². The maximum absolute atomic E-state index is 11.0. The van der Waals surface area contributed by atoms with Gasteiger partial charge in [-0.2, -0.15) is 5.26 Å². The zero-order valence-electron chi connectivity index (χ0n) is 12.2. The molecule has 112 valence electrons. The second kappa shape index (κ2) is 7.04. The van der Waals surface area contributed by atoms with Crippen molar-refractivity contribution in [3.8, 4) is 6.07 Å². The van der Waals surface area contributed by atoms with Crippen LogP contribution in [0.1, 0.15) is 25.3 Å². The monoisotopic (exact) mass is 288 g/mol. The fourth-order valence-electron chi connectivity index (χ4n) is 2.71. The summed E-state index contributed by atoms with van der Waals surface area (Å²) in [5.74, 6) is 0.676. The van der Waals surface area contributed by atoms with E-state index >= 15 is 0 Å². The van der Waals surface area contributed by atoms with Crippen LogP contribution in [0.3, 0.4) is 0 Å². The van der Waals surface area contributed by atoms with Crippen molar-refractivity contribution in [3.05, 3.63) is 33.9 Å². The van der Waals surface area contributed by atoms with E-state index in [-0.39, 0.29) is 11.3 Å². The second-order valence-electron chi connectivity index (χ2n) is 5.31. The zero-order valence-corrected chi connectivity index (χ0v) is 12.2. The molecule has 1 N–H and O–H groups in total. The highest BCUT2D eigenvalue weighted by Crippen LogP contribution is 2.28. The minimum atomic E-state index is -0.486. The number of rotatable bonds is 5. The third kappa shape index (κ3) is 3.70. The third-order valence-electron chi connectivity index (χ3n) is 3.96. The minimum absolute atomic E-state index is 0.107. The molecule has 1 aromatic carbocycles. The lowest BCUT2D eigenvalue weighted by Gasteiger charge is -2.33. The van der Waals surface area contributed by atoms with Gasteiger partial charge in [0.1, 0.15) is 11.6 Å². The normalized spacial score (nSPS) is 15.7. The molecule has 0 amide bonds. The number of nitro benzene ring substituents is 1. The van der Waals surface area contributed by atoms with E-state index in [1.54, 1.807) is 6.07 Å². The Hall–Kier alpha value is -2.13. The van der Waals surface area contributed by atoms with E-state index in [9.17, 15) is 10.1 Å². The van der Waals surface area contributed by atoms with Gasteiger partial charge in [0.05, 0.1) is 4.92 Å². The van der Waals surface area contributed by atoms with Gasteiger partial charge in [-0.05, 0) is 44.0 Å². The number of benzene rings is 1. The first-order chi connectivity index (χ1) is 10.2. The molecule has 1 aromatic rings. The maximum atomic E-state index is 11.0. The predicted octanol–water partition coefficient (Wildman–Crippen LogP) is 2.29. The summed E-state index contributed by atoms with van der Waals surface area (Å²) in [4.78, 5) is 12.7. The molecule has 0 saturated carbocycles. The molecule has 1 fully saturated rings. The molecule has 0 atom stereocenters. The van der Waals surface area contributed by atoms with Crippen LogP contribution in [-0.4, -0.2) is 31.1 Å². The predicted molar refractivity (Wildman–Crippen MR) is 81.3 cm³/mol. The van der Waals surface area contributed by atoms with Crippen molar-refractivity contribution in [2.45, 2.75) is 19.8 Å². The molecule has 21 heavy (non-hydrogen) atoms. The Morgan fingerprint density at radius 1 is 1.48 bits per heavy atom. The highest BCUT2D eigenvalue weighted by molar-refractivity contribution is 5.60. The molecule has 0 radical (unpaired) electrons. The summed E-state index contributed by atoms with van der Waals surface area (Å²) in [5, 5.41) is 23.3. The summed E-state index contributed by atoms with van der Waals surface area (Å²) in [6.07, 6.45) is 2.17. The minimum Gasteiger partial charge on any atom is -0.371 e. The summed E-state index contributed by atoms with van der Waals surface area (Å²) in [5.41, 5.74) is 0.846. The summed E-state index contributed by atoms with van der Waals surface area (Å²) < 4.78 is 0. The molecule has 1 aliphatic heterocycles. The van der Waals surface area contributed by atoms with E-state index in [2.05, 4.69) is 17.1 Å². The van der Waals surface area contributed by atoms with Gasteiger partial charge < -0.3 is 10.2 Å². The summed E-state index contributed by atoms with van der Waals surface area (Å²) in [6, 6.07) is 6.73. The number of hydrogen-bond donors (Lipinski definition) is 1. The molecule has 2 rings (SSSR count). The highest BCUT2D eigenvalue weighted by atomic mass is 16.6. The first kappa shape index (κ1) is 15.3. The fourth-order valence-corrected chi connectivity index (χ4v) is 2.71. The van der Waals surface area contributed by atoms with Gasteiger partial charge in [0.25, 0.3) is 5.69 Å². The van der Waals surface area contributed by atoms with Crippen molar-refractivity contribution in [3.63, 3.8) is 0 Å². The van der Waals surface area contributed by atoms with Crippen LogP contribution >= 0.6 is 0 Å². The summed E-state index contributed by atoms with van der Waals surface area (Å²) in [7, 11) is 0. The van der Waals surface area contributed by atoms with Crippen LogP contribution in [-0.2, 0) is 0 Å². The summed E-state index contributed by atoms with van der Waals surface area (Å²) >= 11 is 0. The average Bonchev–Trinajstić information content (AvgIpc) is 2.52. The van der Waals surface area contributed by atoms with Crippen LogP contribution in [0.4, 0.5) is 11.4 Å². The Morgan fingerprint density at radius 3 is 2.76 bits per heavy atom. The van der Waals surface area contributed by atoms with Gasteiger partial charge in [-0.15, -0.1) is 0 Å². The number of piperidine rings is 1.